The highest BCUT2D eigenvalue weighted by atomic mass is 35.5. The minimum Gasteiger partial charge on any atom is -0.479 e. The number of rotatable bonds is 10. The highest BCUT2D eigenvalue weighted by Gasteiger charge is 2.29. The van der Waals surface area contributed by atoms with E-state index >= 15 is 0 Å². The molecule has 0 radical (unpaired) electrons. The van der Waals surface area contributed by atoms with Gasteiger partial charge in [-0.3, -0.25) is 0 Å². The number of anilines is 1. The van der Waals surface area contributed by atoms with Gasteiger partial charge in [-0.1, -0.05) is 42.6 Å². The van der Waals surface area contributed by atoms with E-state index in [4.69, 9.17) is 37.1 Å². The maximum absolute atomic E-state index is 9.77. The molecule has 1 fully saturated rings. The Balaban J connectivity index is 0.000000318. The lowest BCUT2D eigenvalue weighted by atomic mass is 10.0. The van der Waals surface area contributed by atoms with Crippen LogP contribution in [0.5, 0.6) is 0 Å². The molecule has 5 rings (SSSR count). The van der Waals surface area contributed by atoms with Crippen molar-refractivity contribution in [2.24, 2.45) is 5.92 Å². The van der Waals surface area contributed by atoms with Crippen molar-refractivity contribution in [3.8, 4) is 5.69 Å². The number of carboxylic acids is 2. The van der Waals surface area contributed by atoms with Crippen LogP contribution in [-0.2, 0) is 35.4 Å². The van der Waals surface area contributed by atoms with E-state index in [1.807, 2.05) is 10.7 Å². The van der Waals surface area contributed by atoms with E-state index in [0.29, 0.717) is 0 Å². The molecule has 1 aromatic heterocycles. The second-order valence-electron chi connectivity index (χ2n) is 10.1. The van der Waals surface area contributed by atoms with E-state index in [0.717, 1.165) is 61.2 Å². The van der Waals surface area contributed by atoms with Crippen molar-refractivity contribution in [2.45, 2.75) is 57.3 Å². The molecule has 1 aliphatic heterocycles. The number of nitrogens with zero attached hydrogens (tertiary/aromatic N) is 2. The number of aliphatic hydroxyl groups excluding tert-OH is 2. The Morgan fingerprint density at radius 2 is 1.68 bits per heavy atom. The lowest BCUT2D eigenvalue weighted by Crippen LogP contribution is -2.39. The fourth-order valence-corrected chi connectivity index (χ4v) is 4.80. The first-order valence-corrected chi connectivity index (χ1v) is 13.8. The Hall–Kier alpha value is -3.44. The zero-order valence-corrected chi connectivity index (χ0v) is 22.8. The molecule has 2 aromatic carbocycles. The molecule has 0 bridgehead atoms. The number of carbonyl (C=O) groups is 2. The maximum Gasteiger partial charge on any atom is 0.335 e. The molecule has 2 atom stereocenters. The van der Waals surface area contributed by atoms with E-state index in [1.165, 1.54) is 41.6 Å². The number of carboxylic acid groups (broad SMARTS) is 2. The number of hydrogen-bond donors (Lipinski definition) is 6. The number of halogens is 1. The summed E-state index contributed by atoms with van der Waals surface area (Å²) in [6, 6.07) is 15.0. The van der Waals surface area contributed by atoms with Gasteiger partial charge in [-0.2, -0.15) is 5.10 Å². The molecule has 2 heterocycles. The summed E-state index contributed by atoms with van der Waals surface area (Å²) in [5.41, 5.74) is 7.39. The average molecular weight is 571 g/mol. The van der Waals surface area contributed by atoms with E-state index in [2.05, 4.69) is 53.2 Å². The summed E-state index contributed by atoms with van der Waals surface area (Å²) >= 11 is 6.54. The van der Waals surface area contributed by atoms with Gasteiger partial charge in [-0.25, -0.2) is 14.3 Å². The molecule has 10 nitrogen and oxygen atoms in total. The molecule has 3 aromatic rings. The van der Waals surface area contributed by atoms with Gasteiger partial charge in [0.1, 0.15) is 0 Å². The quantitative estimate of drug-likeness (QED) is 0.215. The lowest BCUT2D eigenvalue weighted by molar-refractivity contribution is -0.165. The Bertz CT molecular complexity index is 1290. The van der Waals surface area contributed by atoms with Gasteiger partial charge in [0.25, 0.3) is 0 Å². The van der Waals surface area contributed by atoms with Crippen LogP contribution in [0, 0.1) is 5.92 Å². The predicted octanol–water partition coefficient (Wildman–Crippen LogP) is 3.05. The second-order valence-corrected chi connectivity index (χ2v) is 10.5. The lowest BCUT2D eigenvalue weighted by Gasteiger charge is -2.16. The summed E-state index contributed by atoms with van der Waals surface area (Å²) in [5.74, 6) is -2.59. The van der Waals surface area contributed by atoms with Crippen molar-refractivity contribution in [1.82, 2.24) is 15.1 Å². The standard InChI is InChI=1S/C25H29ClN4.C4H6O6/c26-24-10-6-20-11-14-27-15-12-23(20)25(24)28-17-19-4-8-22(9-5-19)30-16-13-21(29-30)7-3-18-1-2-18;5-1(3(7)8)2(6)4(9)10/h4-6,8-10,13,16,18,27-28H,1-3,7,11-12,14-15,17H2;1-2,5-6H,(H,7,8)(H,9,10)/t;1-,2-/m.1/s1. The first-order valence-electron chi connectivity index (χ1n) is 13.4. The number of benzene rings is 2. The van der Waals surface area contributed by atoms with Crippen molar-refractivity contribution < 1.29 is 30.0 Å². The van der Waals surface area contributed by atoms with E-state index in [1.54, 1.807) is 0 Å². The third-order valence-corrected chi connectivity index (χ3v) is 7.42. The van der Waals surface area contributed by atoms with E-state index in [-0.39, 0.29) is 0 Å². The van der Waals surface area contributed by atoms with Crippen LogP contribution < -0.4 is 10.6 Å². The van der Waals surface area contributed by atoms with Gasteiger partial charge in [0, 0.05) is 12.7 Å². The minimum atomic E-state index is -2.27. The van der Waals surface area contributed by atoms with E-state index < -0.39 is 24.1 Å². The van der Waals surface area contributed by atoms with Crippen LogP contribution in [0.1, 0.15) is 41.6 Å². The van der Waals surface area contributed by atoms with Crippen molar-refractivity contribution in [3.05, 3.63) is 76.1 Å². The summed E-state index contributed by atoms with van der Waals surface area (Å²) in [5, 5.41) is 45.2. The number of hydrogen-bond acceptors (Lipinski definition) is 7. The Morgan fingerprint density at radius 1 is 1.00 bits per heavy atom. The molecular formula is C29H35ClN4O6. The van der Waals surface area contributed by atoms with Crippen LogP contribution in [0.2, 0.25) is 5.02 Å². The fraction of sp³-hybridized carbons (Fsp3) is 0.414. The van der Waals surface area contributed by atoms with Crippen molar-refractivity contribution >= 4 is 29.2 Å². The molecule has 1 aliphatic carbocycles. The Kier molecular flexibility index (Phi) is 10.2. The third-order valence-electron chi connectivity index (χ3n) is 7.11. The van der Waals surface area contributed by atoms with Crippen LogP contribution >= 0.6 is 11.6 Å². The number of aromatic nitrogens is 2. The summed E-state index contributed by atoms with van der Waals surface area (Å²) in [4.78, 5) is 19.5. The van der Waals surface area contributed by atoms with Crippen molar-refractivity contribution in [2.75, 3.05) is 18.4 Å². The molecule has 0 spiro atoms. The molecule has 11 heteroatoms. The molecule has 1 saturated carbocycles. The van der Waals surface area contributed by atoms with Crippen LogP contribution in [-0.4, -0.2) is 67.4 Å². The predicted molar refractivity (Wildman–Crippen MR) is 151 cm³/mol. The van der Waals surface area contributed by atoms with Crippen LogP contribution in [0.15, 0.2) is 48.7 Å². The molecule has 214 valence electrons. The van der Waals surface area contributed by atoms with Gasteiger partial charge < -0.3 is 31.1 Å². The molecule has 40 heavy (non-hydrogen) atoms. The smallest absolute Gasteiger partial charge is 0.335 e. The highest BCUT2D eigenvalue weighted by molar-refractivity contribution is 6.33. The van der Waals surface area contributed by atoms with Crippen molar-refractivity contribution in [1.29, 1.82) is 0 Å². The average Bonchev–Trinajstić information content (AvgIpc) is 3.71. The number of aliphatic hydroxyl groups is 2. The molecule has 6 N–H and O–H groups in total. The molecule has 0 amide bonds. The van der Waals surface area contributed by atoms with Crippen LogP contribution in [0.25, 0.3) is 5.69 Å². The number of aliphatic carboxylic acids is 2. The van der Waals surface area contributed by atoms with E-state index in [9.17, 15) is 9.59 Å². The monoisotopic (exact) mass is 570 g/mol. The summed E-state index contributed by atoms with van der Waals surface area (Å²) < 4.78 is 1.99. The van der Waals surface area contributed by atoms with Gasteiger partial charge >= 0.3 is 11.9 Å². The number of aryl methyl sites for hydroxylation is 1. The number of fused-ring (bicyclic) bond motifs is 1. The molecule has 0 unspecified atom stereocenters. The topological polar surface area (TPSA) is 157 Å². The Morgan fingerprint density at radius 3 is 2.33 bits per heavy atom. The van der Waals surface area contributed by atoms with Crippen molar-refractivity contribution in [3.63, 3.8) is 0 Å². The third kappa shape index (κ3) is 8.04. The van der Waals surface area contributed by atoms with Gasteiger partial charge in [-0.05, 0) is 85.6 Å². The maximum atomic E-state index is 9.77. The van der Waals surface area contributed by atoms with Gasteiger partial charge in [0.05, 0.1) is 22.1 Å². The normalized spacial score (nSPS) is 16.1. The first-order chi connectivity index (χ1) is 19.2. The first kappa shape index (κ1) is 29.5. The van der Waals surface area contributed by atoms with Gasteiger partial charge in [0.2, 0.25) is 0 Å². The molecular weight excluding hydrogens is 536 g/mol. The summed E-state index contributed by atoms with van der Waals surface area (Å²) in [6.45, 7) is 2.80. The largest absolute Gasteiger partial charge is 0.479 e. The Labute approximate surface area is 237 Å². The van der Waals surface area contributed by atoms with Gasteiger partial charge in [0.15, 0.2) is 12.2 Å². The zero-order valence-electron chi connectivity index (χ0n) is 22.1. The van der Waals surface area contributed by atoms with Gasteiger partial charge in [-0.15, -0.1) is 0 Å². The fourth-order valence-electron chi connectivity index (χ4n) is 4.56. The SMILES string of the molecule is Clc1ccc2c(c1NCc1ccc(-n3ccc(CCC4CC4)n3)cc1)CCNCC2.O=C(O)[C@H](O)[C@@H](O)C(=O)O. The van der Waals surface area contributed by atoms with Crippen LogP contribution in [0.4, 0.5) is 5.69 Å². The number of nitrogens with one attached hydrogen (secondary N) is 2. The molecule has 0 saturated heterocycles. The summed E-state index contributed by atoms with van der Waals surface area (Å²) in [6.07, 6.45) is 4.80. The minimum absolute atomic E-state index is 0.760. The highest BCUT2D eigenvalue weighted by Crippen LogP contribution is 2.33. The summed E-state index contributed by atoms with van der Waals surface area (Å²) in [7, 11) is 0. The van der Waals surface area contributed by atoms with Crippen LogP contribution in [0.3, 0.4) is 0 Å². The zero-order chi connectivity index (χ0) is 28.6. The second kappa shape index (κ2) is 13.8. The molecule has 2 aliphatic rings.